The molecule has 8 nitrogen and oxygen atoms in total. The van der Waals surface area contributed by atoms with E-state index in [1.807, 2.05) is 22.8 Å². The predicted molar refractivity (Wildman–Crippen MR) is 113 cm³/mol. The third kappa shape index (κ3) is 3.14. The summed E-state index contributed by atoms with van der Waals surface area (Å²) in [5.41, 5.74) is 8.32. The zero-order chi connectivity index (χ0) is 20.8. The Morgan fingerprint density at radius 2 is 1.90 bits per heavy atom. The van der Waals surface area contributed by atoms with Gasteiger partial charge in [0.15, 0.2) is 0 Å². The molecule has 1 aliphatic rings. The summed E-state index contributed by atoms with van der Waals surface area (Å²) in [6.07, 6.45) is 3.48. The number of nitrogen functional groups attached to an aromatic ring is 1. The first-order valence-electron chi connectivity index (χ1n) is 10.0. The number of nitrogens with zero attached hydrogens (tertiary/aromatic N) is 4. The zero-order valence-electron chi connectivity index (χ0n) is 16.3. The average molecular weight is 405 g/mol. The monoisotopic (exact) mass is 405 g/mol. The van der Waals surface area contributed by atoms with Crippen LogP contribution in [-0.4, -0.2) is 47.0 Å². The number of hydrogen-bond donors (Lipinski definition) is 4. The molecule has 1 aromatic carbocycles. The van der Waals surface area contributed by atoms with E-state index < -0.39 is 12.2 Å². The van der Waals surface area contributed by atoms with Gasteiger partial charge in [-0.25, -0.2) is 15.0 Å². The summed E-state index contributed by atoms with van der Waals surface area (Å²) in [6.45, 7) is 0. The van der Waals surface area contributed by atoms with Gasteiger partial charge in [-0.05, 0) is 55.0 Å². The first-order chi connectivity index (χ1) is 14.5. The summed E-state index contributed by atoms with van der Waals surface area (Å²) in [7, 11) is 0. The summed E-state index contributed by atoms with van der Waals surface area (Å²) in [6, 6.07) is 11.3. The molecule has 0 bridgehead atoms. The fourth-order valence-electron chi connectivity index (χ4n) is 4.57. The number of rotatable bonds is 4. The maximum Gasteiger partial charge on any atom is 0.223 e. The van der Waals surface area contributed by atoms with Gasteiger partial charge in [0, 0.05) is 11.6 Å². The van der Waals surface area contributed by atoms with E-state index in [1.54, 1.807) is 18.3 Å². The van der Waals surface area contributed by atoms with Gasteiger partial charge in [0.1, 0.15) is 23.9 Å². The molecule has 1 aliphatic carbocycles. The average Bonchev–Trinajstić information content (AvgIpc) is 3.29. The Morgan fingerprint density at radius 1 is 1.07 bits per heavy atom. The van der Waals surface area contributed by atoms with Crippen molar-refractivity contribution in [3.63, 3.8) is 0 Å². The second-order valence-corrected chi connectivity index (χ2v) is 8.00. The molecule has 0 unspecified atom stereocenters. The third-order valence-electron chi connectivity index (χ3n) is 6.20. The lowest BCUT2D eigenvalue weighted by Crippen LogP contribution is -2.29. The van der Waals surface area contributed by atoms with Crippen molar-refractivity contribution in [1.82, 2.24) is 19.5 Å². The van der Waals surface area contributed by atoms with Crippen LogP contribution in [0.1, 0.15) is 24.4 Å². The number of aryl methyl sites for hydroxylation is 1. The smallest absolute Gasteiger partial charge is 0.223 e. The summed E-state index contributed by atoms with van der Waals surface area (Å²) in [5.74, 6) is 0.349. The van der Waals surface area contributed by atoms with Crippen LogP contribution in [0.25, 0.3) is 21.9 Å². The molecule has 30 heavy (non-hydrogen) atoms. The molecular weight excluding hydrogens is 382 g/mol. The second-order valence-electron chi connectivity index (χ2n) is 8.00. The Balaban J connectivity index is 1.34. The van der Waals surface area contributed by atoms with Crippen molar-refractivity contribution in [2.45, 2.75) is 37.5 Å². The van der Waals surface area contributed by atoms with Crippen LogP contribution < -0.4 is 5.73 Å². The van der Waals surface area contributed by atoms with Crippen molar-refractivity contribution in [2.24, 2.45) is 5.92 Å². The van der Waals surface area contributed by atoms with E-state index >= 15 is 0 Å². The molecule has 1 saturated carbocycles. The second kappa shape index (κ2) is 7.23. The number of fused-ring (bicyclic) bond motifs is 2. The minimum Gasteiger partial charge on any atom is -0.493 e. The van der Waals surface area contributed by atoms with Gasteiger partial charge >= 0.3 is 0 Å². The van der Waals surface area contributed by atoms with Crippen LogP contribution in [0.5, 0.6) is 5.88 Å². The van der Waals surface area contributed by atoms with Gasteiger partial charge in [0.25, 0.3) is 0 Å². The Bertz CT molecular complexity index is 1220. The standard InChI is InChI=1S/C22H23N5O3/c23-18-6-5-13-3-1-12(9-16(13)26-18)2-4-14-10-17(20(29)19(14)28)27-8-7-15-21(27)24-11-25-22(15)30/h1,3,5-9,11,14,17,19-20,28-29H,2,4,10H2,(H2,23,26)(H,24,25,30)/t14-,17+,19+,20-/m0/s1. The number of aliphatic hydroxyl groups excluding tert-OH is 2. The number of hydrogen-bond acceptors (Lipinski definition) is 7. The first-order valence-corrected chi connectivity index (χ1v) is 10.0. The van der Waals surface area contributed by atoms with E-state index in [2.05, 4.69) is 21.0 Å². The van der Waals surface area contributed by atoms with E-state index in [4.69, 9.17) is 5.73 Å². The number of benzene rings is 1. The van der Waals surface area contributed by atoms with Crippen LogP contribution in [0.15, 0.2) is 48.9 Å². The van der Waals surface area contributed by atoms with Gasteiger partial charge in [-0.2, -0.15) is 0 Å². The molecule has 5 N–H and O–H groups in total. The highest BCUT2D eigenvalue weighted by Gasteiger charge is 2.42. The number of anilines is 1. The molecule has 1 fully saturated rings. The number of aliphatic hydroxyl groups is 2. The van der Waals surface area contributed by atoms with Crippen molar-refractivity contribution in [2.75, 3.05) is 5.73 Å². The number of aromatic nitrogens is 4. The SMILES string of the molecule is Nc1ccc2ccc(CC[C@H]3C[C@@H](n4ccc5c(O)ncnc54)[C@H](O)[C@@H]3O)cc2n1. The fourth-order valence-corrected chi connectivity index (χ4v) is 4.57. The lowest BCUT2D eigenvalue weighted by atomic mass is 9.95. The maximum atomic E-state index is 10.7. The first kappa shape index (κ1) is 18.8. The molecule has 8 heteroatoms. The van der Waals surface area contributed by atoms with Crippen LogP contribution in [0.3, 0.4) is 0 Å². The molecule has 0 amide bonds. The predicted octanol–water partition coefficient (Wildman–Crippen LogP) is 2.18. The van der Waals surface area contributed by atoms with Crippen molar-refractivity contribution < 1.29 is 15.3 Å². The highest BCUT2D eigenvalue weighted by atomic mass is 16.3. The molecular formula is C22H23N5O3. The van der Waals surface area contributed by atoms with E-state index in [9.17, 15) is 15.3 Å². The highest BCUT2D eigenvalue weighted by molar-refractivity contribution is 5.81. The van der Waals surface area contributed by atoms with Gasteiger partial charge in [-0.15, -0.1) is 0 Å². The number of nitrogens with two attached hydrogens (primary N) is 1. The van der Waals surface area contributed by atoms with Gasteiger partial charge in [0.05, 0.1) is 23.0 Å². The van der Waals surface area contributed by atoms with Gasteiger partial charge in [0.2, 0.25) is 5.88 Å². The topological polar surface area (TPSA) is 130 Å². The van der Waals surface area contributed by atoms with Crippen LogP contribution in [-0.2, 0) is 6.42 Å². The van der Waals surface area contributed by atoms with Crippen molar-refractivity contribution in [3.05, 3.63) is 54.5 Å². The number of aromatic hydroxyl groups is 1. The van der Waals surface area contributed by atoms with E-state index in [0.29, 0.717) is 23.3 Å². The van der Waals surface area contributed by atoms with E-state index in [0.717, 1.165) is 29.3 Å². The summed E-state index contributed by atoms with van der Waals surface area (Å²) in [4.78, 5) is 12.4. The molecule has 4 atom stereocenters. The van der Waals surface area contributed by atoms with Crippen LogP contribution in [0.4, 0.5) is 5.82 Å². The van der Waals surface area contributed by atoms with E-state index in [-0.39, 0.29) is 17.8 Å². The Labute approximate surface area is 172 Å². The van der Waals surface area contributed by atoms with Crippen molar-refractivity contribution >= 4 is 27.8 Å². The highest BCUT2D eigenvalue weighted by Crippen LogP contribution is 2.40. The summed E-state index contributed by atoms with van der Waals surface area (Å²) < 4.78 is 1.83. The zero-order valence-corrected chi connectivity index (χ0v) is 16.3. The van der Waals surface area contributed by atoms with Crippen LogP contribution >= 0.6 is 0 Å². The lowest BCUT2D eigenvalue weighted by molar-refractivity contribution is 0.00545. The van der Waals surface area contributed by atoms with Gasteiger partial charge in [-0.3, -0.25) is 0 Å². The maximum absolute atomic E-state index is 10.7. The molecule has 0 saturated heterocycles. The Morgan fingerprint density at radius 3 is 2.77 bits per heavy atom. The lowest BCUT2D eigenvalue weighted by Gasteiger charge is -2.19. The van der Waals surface area contributed by atoms with Crippen LogP contribution in [0, 0.1) is 5.92 Å². The summed E-state index contributed by atoms with van der Waals surface area (Å²) in [5, 5.41) is 32.8. The minimum atomic E-state index is -0.902. The molecule has 4 aromatic rings. The molecule has 3 heterocycles. The molecule has 154 valence electrons. The third-order valence-corrected chi connectivity index (χ3v) is 6.20. The normalized spacial score (nSPS) is 24.1. The molecule has 0 radical (unpaired) electrons. The minimum absolute atomic E-state index is 0.0533. The van der Waals surface area contributed by atoms with Crippen LogP contribution in [0.2, 0.25) is 0 Å². The quantitative estimate of drug-likeness (QED) is 0.409. The Hall–Kier alpha value is -3.23. The van der Waals surface area contributed by atoms with E-state index in [1.165, 1.54) is 6.33 Å². The fraction of sp³-hybridized carbons (Fsp3) is 0.318. The van der Waals surface area contributed by atoms with Crippen molar-refractivity contribution in [1.29, 1.82) is 0 Å². The van der Waals surface area contributed by atoms with Gasteiger partial charge in [-0.1, -0.05) is 12.1 Å². The molecule has 0 spiro atoms. The number of pyridine rings is 1. The largest absolute Gasteiger partial charge is 0.493 e. The Kier molecular flexibility index (Phi) is 4.52. The molecule has 3 aromatic heterocycles. The molecule has 5 rings (SSSR count). The summed E-state index contributed by atoms with van der Waals surface area (Å²) >= 11 is 0. The molecule has 0 aliphatic heterocycles. The van der Waals surface area contributed by atoms with Crippen molar-refractivity contribution in [3.8, 4) is 5.88 Å². The van der Waals surface area contributed by atoms with Gasteiger partial charge < -0.3 is 25.6 Å².